The Morgan fingerprint density at radius 2 is 3.50 bits per heavy atom. The minimum absolute atomic E-state index is 0.486. The van der Waals surface area contributed by atoms with Crippen molar-refractivity contribution in [2.45, 2.75) is 0 Å². The summed E-state index contributed by atoms with van der Waals surface area (Å²) in [6, 6.07) is 0. The minimum Gasteiger partial charge on any atom is -0.0926 e. The van der Waals surface area contributed by atoms with E-state index in [1.54, 1.807) is 0 Å². The van der Waals surface area contributed by atoms with Gasteiger partial charge in [-0.3, -0.25) is 0 Å². The van der Waals surface area contributed by atoms with Crippen LogP contribution in [0.3, 0.4) is 0 Å². The molecule has 0 aliphatic heterocycles. The molecule has 1 radical (unpaired) electrons. The molecule has 4 heavy (non-hydrogen) atoms. The summed E-state index contributed by atoms with van der Waals surface area (Å²) >= 11 is 4.41. The van der Waals surface area contributed by atoms with Crippen molar-refractivity contribution in [3.8, 4) is 0 Å². The average Bonchev–Trinajstić information content (AvgIpc) is 1.65. The van der Waals surface area contributed by atoms with Gasteiger partial charge in [0.2, 0.25) is 0 Å². The standard InChI is InChI=1S/B2H2PS/c1-2-3-4/h1-2H/i1T,2T. The van der Waals surface area contributed by atoms with Gasteiger partial charge in [0, 0.05) is 0 Å². The van der Waals surface area contributed by atoms with Crippen LogP contribution in [0.2, 0.25) is 0 Å². The van der Waals surface area contributed by atoms with E-state index in [2.05, 4.69) is 11.8 Å². The van der Waals surface area contributed by atoms with E-state index in [4.69, 9.17) is 2.67 Å². The highest BCUT2D eigenvalue weighted by Gasteiger charge is 1.56. The number of rotatable bonds is 2. The van der Waals surface area contributed by atoms with Gasteiger partial charge in [0.05, 0.1) is 7.70 Å². The fourth-order valence-corrected chi connectivity index (χ4v) is 0. The van der Waals surface area contributed by atoms with Gasteiger partial charge in [0.1, 0.15) is 0 Å². The Labute approximate surface area is 37.1 Å². The smallest absolute Gasteiger partial charge is 0.0926 e. The molecule has 0 fully saturated rings. The number of hydrogen-bond donors (Lipinski definition) is 0. The third-order valence-corrected chi connectivity index (χ3v) is 0.548. The predicted molar refractivity (Wildman–Crippen MR) is 28.6 cm³/mol. The maximum absolute atomic E-state index is 6.71. The van der Waals surface area contributed by atoms with Crippen LogP contribution in [0.1, 0.15) is 0 Å². The van der Waals surface area contributed by atoms with Crippen molar-refractivity contribution < 1.29 is 0 Å². The molecule has 0 unspecified atom stereocenters. The van der Waals surface area contributed by atoms with E-state index >= 15 is 0 Å². The van der Waals surface area contributed by atoms with Gasteiger partial charge in [0.15, 0.2) is 6.85 Å². The van der Waals surface area contributed by atoms with E-state index in [1.165, 1.54) is 0 Å². The molecule has 0 aromatic carbocycles. The molecule has 0 atom stereocenters. The van der Waals surface area contributed by atoms with Crippen LogP contribution in [0.4, 0.5) is 0 Å². The SMILES string of the molecule is [3H][B]B([3H])P=S. The minimum atomic E-state index is -0.486. The molecule has 0 bridgehead atoms. The van der Waals surface area contributed by atoms with Crippen LogP contribution in [-0.2, 0) is 11.8 Å². The molecule has 19 valence electrons. The van der Waals surface area contributed by atoms with Crippen molar-refractivity contribution in [2.75, 3.05) is 0 Å². The molecule has 0 saturated carbocycles. The number of hydrogen-bond acceptors (Lipinski definition) is 1. The molecule has 0 amide bonds. The summed E-state index contributed by atoms with van der Waals surface area (Å²) in [6.45, 7) is -0.486. The molecular formula is H2B2PS. The summed E-state index contributed by atoms with van der Waals surface area (Å²) in [5.41, 5.74) is 0. The Bertz CT molecular complexity index is 48.8. The first-order chi connectivity index (χ1) is 2.81. The van der Waals surface area contributed by atoms with Gasteiger partial charge in [-0.1, -0.05) is 19.0 Å². The zero-order chi connectivity index (χ0) is 4.99. The Kier molecular flexibility index (Phi) is 1.77. The summed E-state index contributed by atoms with van der Waals surface area (Å²) in [7, 11) is 1.56. The van der Waals surface area contributed by atoms with Crippen LogP contribution < -0.4 is 0 Å². The van der Waals surface area contributed by atoms with Crippen molar-refractivity contribution in [1.82, 2.24) is 0 Å². The fraction of sp³-hybridized carbons (Fsp3) is 0. The maximum Gasteiger partial charge on any atom is 0.155 e. The van der Waals surface area contributed by atoms with Gasteiger partial charge >= 0.3 is 0 Å². The normalized spacial score (nSPS) is 13.0. The lowest BCUT2D eigenvalue weighted by molar-refractivity contribution is 4.51. The Morgan fingerprint density at radius 1 is 2.75 bits per heavy atom. The second-order valence-corrected chi connectivity index (χ2v) is 1.40. The lowest BCUT2D eigenvalue weighted by Crippen LogP contribution is -1.63. The highest BCUT2D eigenvalue weighted by atomic mass is 32.4. The first-order valence-corrected chi connectivity index (χ1v) is 2.75. The quantitative estimate of drug-likeness (QED) is 0.327. The molecule has 0 aliphatic carbocycles. The van der Waals surface area contributed by atoms with Gasteiger partial charge in [-0.25, -0.2) is 0 Å². The summed E-state index contributed by atoms with van der Waals surface area (Å²) in [5.74, 6) is 0. The Morgan fingerprint density at radius 3 is 3.50 bits per heavy atom. The second kappa shape index (κ2) is 3.65. The molecule has 0 aromatic heterocycles. The Hall–Kier alpha value is 0.650. The molecule has 0 heterocycles. The van der Waals surface area contributed by atoms with Gasteiger partial charge in [-0.15, -0.1) is 0 Å². The molecule has 0 spiro atoms. The van der Waals surface area contributed by atoms with Crippen molar-refractivity contribution >= 4 is 33.6 Å². The van der Waals surface area contributed by atoms with Crippen LogP contribution in [0.15, 0.2) is 0 Å². The van der Waals surface area contributed by atoms with E-state index in [-0.39, 0.29) is 0 Å². The van der Waals surface area contributed by atoms with Gasteiger partial charge in [0.25, 0.3) is 0 Å². The predicted octanol–water partition coefficient (Wildman–Crippen LogP) is -0.438. The van der Waals surface area contributed by atoms with Crippen LogP contribution in [-0.4, -0.2) is 17.2 Å². The van der Waals surface area contributed by atoms with Gasteiger partial charge in [-0.2, -0.15) is 0 Å². The maximum atomic E-state index is 6.71. The molecule has 0 aromatic rings. The lowest BCUT2D eigenvalue weighted by atomic mass is 9.79. The van der Waals surface area contributed by atoms with Gasteiger partial charge < -0.3 is 0 Å². The molecule has 0 N–H and O–H groups in total. The van der Waals surface area contributed by atoms with Crippen LogP contribution >= 0.6 is 7.23 Å². The monoisotopic (exact) mass is 91.0 g/mol. The van der Waals surface area contributed by atoms with Crippen molar-refractivity contribution in [1.29, 1.82) is 2.67 Å². The molecule has 0 rings (SSSR count). The molecule has 0 saturated heterocycles. The second-order valence-electron chi connectivity index (χ2n) is 0.254. The Balaban J connectivity index is 2.96. The molecule has 4 heteroatoms. The summed E-state index contributed by atoms with van der Waals surface area (Å²) in [4.78, 5) is 0. The first-order valence-electron chi connectivity index (χ1n) is 1.93. The molecule has 0 aliphatic rings. The van der Waals surface area contributed by atoms with Crippen molar-refractivity contribution in [3.63, 3.8) is 0 Å². The summed E-state index contributed by atoms with van der Waals surface area (Å²) in [5, 5.41) is 0. The molecule has 0 nitrogen and oxygen atoms in total. The van der Waals surface area contributed by atoms with E-state index in [0.717, 1.165) is 7.70 Å². The van der Waals surface area contributed by atoms with Crippen LogP contribution in [0, 0.1) is 0 Å². The first kappa shape index (κ1) is 1.94. The zero-order valence-corrected chi connectivity index (χ0v) is 3.72. The van der Waals surface area contributed by atoms with Crippen molar-refractivity contribution in [3.05, 3.63) is 0 Å². The summed E-state index contributed by atoms with van der Waals surface area (Å²) in [6.07, 6.45) is 0. The van der Waals surface area contributed by atoms with Crippen LogP contribution in [0.25, 0.3) is 0 Å². The van der Waals surface area contributed by atoms with Gasteiger partial charge in [-0.05, 0) is 2.67 Å². The van der Waals surface area contributed by atoms with E-state index in [0.29, 0.717) is 7.23 Å². The highest BCUT2D eigenvalue weighted by Crippen LogP contribution is 1.75. The third-order valence-electron chi connectivity index (χ3n) is 0.0609. The van der Waals surface area contributed by atoms with Crippen molar-refractivity contribution in [2.24, 2.45) is 0 Å². The highest BCUT2D eigenvalue weighted by molar-refractivity contribution is 8.11. The third kappa shape index (κ3) is 2.65. The zero-order valence-electron chi connectivity index (χ0n) is 4.01. The average molecular weight is 90.7 g/mol. The largest absolute Gasteiger partial charge is 0.155 e. The van der Waals surface area contributed by atoms with E-state index < -0.39 is 6.85 Å². The fourth-order valence-electron chi connectivity index (χ4n) is 0. The summed E-state index contributed by atoms with van der Waals surface area (Å²) < 4.78 is 13.1. The topological polar surface area (TPSA) is 0 Å². The van der Waals surface area contributed by atoms with Crippen LogP contribution in [0.5, 0.6) is 0 Å². The molecular weight excluding hydrogens is 84.7 g/mol. The lowest BCUT2D eigenvalue weighted by Gasteiger charge is -1.47. The van der Waals surface area contributed by atoms with E-state index in [9.17, 15) is 0 Å². The van der Waals surface area contributed by atoms with E-state index in [1.807, 2.05) is 0 Å².